The summed E-state index contributed by atoms with van der Waals surface area (Å²) in [5.74, 6) is -1.37. The predicted octanol–water partition coefficient (Wildman–Crippen LogP) is 1.58. The van der Waals surface area contributed by atoms with Crippen molar-refractivity contribution >= 4 is 11.8 Å². The molecule has 0 aliphatic carbocycles. The van der Waals surface area contributed by atoms with Crippen LogP contribution >= 0.6 is 0 Å². The number of benzene rings is 2. The summed E-state index contributed by atoms with van der Waals surface area (Å²) in [6.45, 7) is 0. The quantitative estimate of drug-likeness (QED) is 0.850. The van der Waals surface area contributed by atoms with E-state index in [1.807, 2.05) is 30.3 Å². The van der Waals surface area contributed by atoms with E-state index in [0.29, 0.717) is 12.0 Å². The van der Waals surface area contributed by atoms with E-state index < -0.39 is 17.8 Å². The Morgan fingerprint density at radius 2 is 1.73 bits per heavy atom. The molecule has 0 radical (unpaired) electrons. The topological polar surface area (TPSA) is 72.2 Å². The maximum atomic E-state index is 13.1. The van der Waals surface area contributed by atoms with Gasteiger partial charge in [0, 0.05) is 6.42 Å². The van der Waals surface area contributed by atoms with Crippen LogP contribution in [0, 0.1) is 5.82 Å². The number of primary amides is 1. The zero-order chi connectivity index (χ0) is 15.9. The highest BCUT2D eigenvalue weighted by molar-refractivity contribution is 5.87. The summed E-state index contributed by atoms with van der Waals surface area (Å²) >= 11 is 0. The number of carbonyl (C=O) groups is 2. The third-order valence-corrected chi connectivity index (χ3v) is 3.22. The Morgan fingerprint density at radius 3 is 2.36 bits per heavy atom. The minimum absolute atomic E-state index is 0.00364. The van der Waals surface area contributed by atoms with Crippen molar-refractivity contribution in [1.82, 2.24) is 5.32 Å². The first-order chi connectivity index (χ1) is 10.5. The lowest BCUT2D eigenvalue weighted by atomic mass is 10.0. The molecular formula is C17H17FN2O2. The van der Waals surface area contributed by atoms with Crippen LogP contribution in [0.3, 0.4) is 0 Å². The number of nitrogens with two attached hydrogens (primary N) is 1. The smallest absolute Gasteiger partial charge is 0.240 e. The lowest BCUT2D eigenvalue weighted by molar-refractivity contribution is -0.127. The van der Waals surface area contributed by atoms with Crippen molar-refractivity contribution in [3.05, 3.63) is 71.5 Å². The van der Waals surface area contributed by atoms with Crippen molar-refractivity contribution in [2.24, 2.45) is 5.73 Å². The highest BCUT2D eigenvalue weighted by Crippen LogP contribution is 2.06. The fourth-order valence-electron chi connectivity index (χ4n) is 2.15. The summed E-state index contributed by atoms with van der Waals surface area (Å²) in [4.78, 5) is 23.5. The Labute approximate surface area is 128 Å². The molecule has 0 spiro atoms. The second kappa shape index (κ2) is 7.36. The van der Waals surface area contributed by atoms with Gasteiger partial charge in [-0.25, -0.2) is 4.39 Å². The van der Waals surface area contributed by atoms with E-state index in [2.05, 4.69) is 5.32 Å². The average Bonchev–Trinajstić information content (AvgIpc) is 2.47. The van der Waals surface area contributed by atoms with Crippen LogP contribution in [0.4, 0.5) is 4.39 Å². The minimum atomic E-state index is -0.788. The molecule has 0 bridgehead atoms. The molecule has 3 N–H and O–H groups in total. The molecule has 0 fully saturated rings. The van der Waals surface area contributed by atoms with Crippen molar-refractivity contribution in [2.45, 2.75) is 18.9 Å². The van der Waals surface area contributed by atoms with Gasteiger partial charge in [0.25, 0.3) is 0 Å². The lowest BCUT2D eigenvalue weighted by Gasteiger charge is -2.15. The Bertz CT molecular complexity index is 659. The first-order valence-electron chi connectivity index (χ1n) is 6.91. The standard InChI is InChI=1S/C17H17FN2O2/c18-14-8-4-7-13(9-14)11-16(21)20-15(17(19)22)10-12-5-2-1-3-6-12/h1-9,15H,10-11H2,(H2,19,22)(H,20,21)/t15-/m0/s1. The molecule has 0 aromatic heterocycles. The summed E-state index contributed by atoms with van der Waals surface area (Å²) in [7, 11) is 0. The normalized spacial score (nSPS) is 11.7. The summed E-state index contributed by atoms with van der Waals surface area (Å²) in [6.07, 6.45) is 0.321. The van der Waals surface area contributed by atoms with Gasteiger partial charge in [0.1, 0.15) is 11.9 Å². The van der Waals surface area contributed by atoms with Crippen molar-refractivity contribution in [3.8, 4) is 0 Å². The van der Waals surface area contributed by atoms with Gasteiger partial charge in [-0.05, 0) is 23.3 Å². The van der Waals surface area contributed by atoms with Crippen molar-refractivity contribution in [1.29, 1.82) is 0 Å². The van der Waals surface area contributed by atoms with Gasteiger partial charge in [-0.3, -0.25) is 9.59 Å². The number of nitrogens with one attached hydrogen (secondary N) is 1. The number of hydrogen-bond acceptors (Lipinski definition) is 2. The van der Waals surface area contributed by atoms with Crippen LogP contribution in [0.1, 0.15) is 11.1 Å². The van der Waals surface area contributed by atoms with Crippen LogP contribution < -0.4 is 11.1 Å². The molecule has 0 aliphatic heterocycles. The molecule has 0 saturated carbocycles. The molecule has 4 nitrogen and oxygen atoms in total. The third kappa shape index (κ3) is 4.70. The molecule has 1 atom stereocenters. The molecule has 2 aromatic carbocycles. The van der Waals surface area contributed by atoms with Gasteiger partial charge >= 0.3 is 0 Å². The summed E-state index contributed by atoms with van der Waals surface area (Å²) in [6, 6.07) is 14.3. The molecule has 22 heavy (non-hydrogen) atoms. The first-order valence-corrected chi connectivity index (χ1v) is 6.91. The highest BCUT2D eigenvalue weighted by Gasteiger charge is 2.18. The van der Waals surface area contributed by atoms with Crippen LogP contribution in [-0.4, -0.2) is 17.9 Å². The van der Waals surface area contributed by atoms with Gasteiger partial charge in [0.2, 0.25) is 11.8 Å². The molecule has 0 unspecified atom stereocenters. The van der Waals surface area contributed by atoms with E-state index in [4.69, 9.17) is 5.73 Å². The van der Waals surface area contributed by atoms with E-state index in [9.17, 15) is 14.0 Å². The number of carbonyl (C=O) groups excluding carboxylic acids is 2. The maximum Gasteiger partial charge on any atom is 0.240 e. The Morgan fingerprint density at radius 1 is 1.05 bits per heavy atom. The fraction of sp³-hybridized carbons (Fsp3) is 0.176. The second-order valence-electron chi connectivity index (χ2n) is 5.02. The van der Waals surface area contributed by atoms with Gasteiger partial charge in [-0.2, -0.15) is 0 Å². The highest BCUT2D eigenvalue weighted by atomic mass is 19.1. The van der Waals surface area contributed by atoms with E-state index in [-0.39, 0.29) is 12.3 Å². The SMILES string of the molecule is NC(=O)[C@H](Cc1ccccc1)NC(=O)Cc1cccc(F)c1. The molecule has 0 heterocycles. The Hall–Kier alpha value is -2.69. The van der Waals surface area contributed by atoms with Crippen LogP contribution in [0.2, 0.25) is 0 Å². The van der Waals surface area contributed by atoms with Crippen molar-refractivity contribution in [3.63, 3.8) is 0 Å². The van der Waals surface area contributed by atoms with Crippen molar-refractivity contribution < 1.29 is 14.0 Å². The molecule has 114 valence electrons. The zero-order valence-electron chi connectivity index (χ0n) is 12.0. The predicted molar refractivity (Wildman–Crippen MR) is 81.4 cm³/mol. The van der Waals surface area contributed by atoms with E-state index in [0.717, 1.165) is 5.56 Å². The fourth-order valence-corrected chi connectivity index (χ4v) is 2.15. The van der Waals surface area contributed by atoms with Gasteiger partial charge in [0.15, 0.2) is 0 Å². The summed E-state index contributed by atoms with van der Waals surface area (Å²) in [5, 5.41) is 2.60. The number of hydrogen-bond donors (Lipinski definition) is 2. The Kier molecular flexibility index (Phi) is 5.25. The third-order valence-electron chi connectivity index (χ3n) is 3.22. The molecule has 0 saturated heterocycles. The lowest BCUT2D eigenvalue weighted by Crippen LogP contribution is -2.46. The molecule has 2 aromatic rings. The van der Waals surface area contributed by atoms with Gasteiger partial charge in [-0.15, -0.1) is 0 Å². The average molecular weight is 300 g/mol. The largest absolute Gasteiger partial charge is 0.368 e. The maximum absolute atomic E-state index is 13.1. The van der Waals surface area contributed by atoms with Gasteiger partial charge < -0.3 is 11.1 Å². The van der Waals surface area contributed by atoms with E-state index >= 15 is 0 Å². The first kappa shape index (κ1) is 15.7. The number of rotatable bonds is 6. The zero-order valence-corrected chi connectivity index (χ0v) is 12.0. The minimum Gasteiger partial charge on any atom is -0.368 e. The second-order valence-corrected chi connectivity index (χ2v) is 5.02. The van der Waals surface area contributed by atoms with Gasteiger partial charge in [-0.1, -0.05) is 42.5 Å². The molecule has 0 aliphatic rings. The van der Waals surface area contributed by atoms with Gasteiger partial charge in [0.05, 0.1) is 6.42 Å². The van der Waals surface area contributed by atoms with Crippen LogP contribution in [0.15, 0.2) is 54.6 Å². The number of halogens is 1. The summed E-state index contributed by atoms with van der Waals surface area (Å²) in [5.41, 5.74) is 6.78. The molecular weight excluding hydrogens is 283 g/mol. The monoisotopic (exact) mass is 300 g/mol. The molecule has 2 rings (SSSR count). The summed E-state index contributed by atoms with van der Waals surface area (Å²) < 4.78 is 13.1. The van der Waals surface area contributed by atoms with Crippen LogP contribution in [0.5, 0.6) is 0 Å². The van der Waals surface area contributed by atoms with Crippen LogP contribution in [-0.2, 0) is 22.4 Å². The molecule has 5 heteroatoms. The van der Waals surface area contributed by atoms with E-state index in [1.165, 1.54) is 18.2 Å². The van der Waals surface area contributed by atoms with Crippen LogP contribution in [0.25, 0.3) is 0 Å². The van der Waals surface area contributed by atoms with Crippen molar-refractivity contribution in [2.75, 3.05) is 0 Å². The Balaban J connectivity index is 1.98. The molecule has 2 amide bonds. The van der Waals surface area contributed by atoms with E-state index in [1.54, 1.807) is 6.07 Å². The number of amides is 2.